The molecule has 0 spiro atoms. The third-order valence-electron chi connectivity index (χ3n) is 4.89. The Hall–Kier alpha value is -2.36. The van der Waals surface area contributed by atoms with Gasteiger partial charge in [-0.2, -0.15) is 0 Å². The van der Waals surface area contributed by atoms with Crippen molar-refractivity contribution in [3.63, 3.8) is 0 Å². The number of anilines is 1. The summed E-state index contributed by atoms with van der Waals surface area (Å²) >= 11 is 8.72. The lowest BCUT2D eigenvalue weighted by Gasteiger charge is -2.08. The van der Waals surface area contributed by atoms with E-state index < -0.39 is 5.91 Å². The maximum atomic E-state index is 12.6. The molecule has 0 bridgehead atoms. The van der Waals surface area contributed by atoms with Crippen molar-refractivity contribution >= 4 is 51.5 Å². The molecule has 0 fully saturated rings. The molecule has 3 aromatic rings. The minimum atomic E-state index is -0.490. The van der Waals surface area contributed by atoms with Crippen LogP contribution in [0.15, 0.2) is 29.4 Å². The van der Waals surface area contributed by atoms with E-state index in [0.29, 0.717) is 27.3 Å². The molecule has 7 nitrogen and oxygen atoms in total. The van der Waals surface area contributed by atoms with Gasteiger partial charge in [0.05, 0.1) is 11.3 Å². The second-order valence-electron chi connectivity index (χ2n) is 6.82. The Kier molecular flexibility index (Phi) is 6.12. The molecule has 2 aromatic heterocycles. The number of carbonyl (C=O) groups excluding carboxylic acids is 2. The number of hydrogen-bond donors (Lipinski definition) is 2. The van der Waals surface area contributed by atoms with Gasteiger partial charge in [-0.1, -0.05) is 23.4 Å². The van der Waals surface area contributed by atoms with Crippen molar-refractivity contribution in [2.75, 3.05) is 11.1 Å². The Morgan fingerprint density at radius 1 is 1.27 bits per heavy atom. The molecule has 0 aliphatic heterocycles. The van der Waals surface area contributed by atoms with Crippen LogP contribution in [0.3, 0.4) is 0 Å². The largest absolute Gasteiger partial charge is 0.365 e. The molecule has 0 saturated heterocycles. The summed E-state index contributed by atoms with van der Waals surface area (Å²) in [6.07, 6.45) is 2.79. The summed E-state index contributed by atoms with van der Waals surface area (Å²) < 4.78 is 1.95. The average molecular weight is 462 g/mol. The second-order valence-corrected chi connectivity index (χ2v) is 9.30. The van der Waals surface area contributed by atoms with Gasteiger partial charge in [0.1, 0.15) is 5.00 Å². The molecule has 0 saturated carbocycles. The Labute approximate surface area is 187 Å². The van der Waals surface area contributed by atoms with E-state index >= 15 is 0 Å². The highest BCUT2D eigenvalue weighted by Gasteiger charge is 2.26. The predicted octanol–water partition coefficient (Wildman–Crippen LogP) is 4.00. The molecule has 10 heteroatoms. The summed E-state index contributed by atoms with van der Waals surface area (Å²) in [6.45, 7) is 2.66. The van der Waals surface area contributed by atoms with Gasteiger partial charge in [0.25, 0.3) is 5.91 Å². The highest BCUT2D eigenvalue weighted by atomic mass is 35.5. The summed E-state index contributed by atoms with van der Waals surface area (Å²) in [6, 6.07) is 7.39. The standard InChI is InChI=1S/C20H20ClN5O2S2/c1-2-26-18(11-6-8-12(21)9-7-11)24-25-20(26)29-10-15(27)23-19-16(17(22)28)13-4-3-5-14(13)30-19/h6-9H,2-5,10H2,1H3,(H2,22,28)(H,23,27). The number of thiophene rings is 1. The predicted molar refractivity (Wildman–Crippen MR) is 120 cm³/mol. The van der Waals surface area contributed by atoms with E-state index in [1.807, 2.05) is 23.6 Å². The molecule has 0 radical (unpaired) electrons. The minimum Gasteiger partial charge on any atom is -0.365 e. The first kappa shape index (κ1) is 20.9. The molecular formula is C20H20ClN5O2S2. The van der Waals surface area contributed by atoms with Gasteiger partial charge >= 0.3 is 0 Å². The number of halogens is 1. The van der Waals surface area contributed by atoms with Gasteiger partial charge in [0.2, 0.25) is 5.91 Å². The topological polar surface area (TPSA) is 103 Å². The number of benzene rings is 1. The van der Waals surface area contributed by atoms with Gasteiger partial charge < -0.3 is 15.6 Å². The van der Waals surface area contributed by atoms with Crippen molar-refractivity contribution in [1.29, 1.82) is 0 Å². The fraction of sp³-hybridized carbons (Fsp3) is 0.300. The lowest BCUT2D eigenvalue weighted by molar-refractivity contribution is -0.113. The van der Waals surface area contributed by atoms with Crippen molar-refractivity contribution in [3.8, 4) is 11.4 Å². The van der Waals surface area contributed by atoms with E-state index in [0.717, 1.165) is 41.1 Å². The molecule has 1 aliphatic carbocycles. The fourth-order valence-corrected chi connectivity index (χ4v) is 5.78. The first-order chi connectivity index (χ1) is 14.5. The number of aromatic nitrogens is 3. The summed E-state index contributed by atoms with van der Waals surface area (Å²) in [4.78, 5) is 25.6. The maximum absolute atomic E-state index is 12.6. The molecular weight excluding hydrogens is 442 g/mol. The van der Waals surface area contributed by atoms with Crippen molar-refractivity contribution in [2.45, 2.75) is 37.9 Å². The van der Waals surface area contributed by atoms with Crippen LogP contribution in [0.1, 0.15) is 34.1 Å². The van der Waals surface area contributed by atoms with Crippen LogP contribution in [-0.2, 0) is 24.2 Å². The Morgan fingerprint density at radius 3 is 2.73 bits per heavy atom. The van der Waals surface area contributed by atoms with Crippen molar-refractivity contribution in [3.05, 3.63) is 45.3 Å². The van der Waals surface area contributed by atoms with Gasteiger partial charge in [0, 0.05) is 22.0 Å². The van der Waals surface area contributed by atoms with Gasteiger partial charge in [-0.25, -0.2) is 0 Å². The summed E-state index contributed by atoms with van der Waals surface area (Å²) in [5.41, 5.74) is 7.93. The highest BCUT2D eigenvalue weighted by Crippen LogP contribution is 2.39. The number of thioether (sulfide) groups is 1. The van der Waals surface area contributed by atoms with Crippen molar-refractivity contribution in [1.82, 2.24) is 14.8 Å². The normalized spacial score (nSPS) is 12.7. The number of nitrogens with zero attached hydrogens (tertiary/aromatic N) is 3. The number of carbonyl (C=O) groups is 2. The molecule has 0 atom stereocenters. The molecule has 3 N–H and O–H groups in total. The summed E-state index contributed by atoms with van der Waals surface area (Å²) in [7, 11) is 0. The van der Waals surface area contributed by atoms with Crippen LogP contribution in [0.2, 0.25) is 5.02 Å². The average Bonchev–Trinajstić information content (AvgIpc) is 3.40. The molecule has 2 amide bonds. The quantitative estimate of drug-likeness (QED) is 0.517. The van der Waals surface area contributed by atoms with E-state index in [9.17, 15) is 9.59 Å². The molecule has 4 rings (SSSR count). The number of fused-ring (bicyclic) bond motifs is 1. The number of rotatable bonds is 7. The van der Waals surface area contributed by atoms with E-state index in [2.05, 4.69) is 15.5 Å². The van der Waals surface area contributed by atoms with E-state index in [4.69, 9.17) is 17.3 Å². The SMILES string of the molecule is CCn1c(SCC(=O)Nc2sc3c(c2C(N)=O)CCC3)nnc1-c1ccc(Cl)cc1. The number of hydrogen-bond acceptors (Lipinski definition) is 6. The molecule has 0 unspecified atom stereocenters. The van der Waals surface area contributed by atoms with Crippen LogP contribution in [0, 0.1) is 0 Å². The molecule has 2 heterocycles. The number of amides is 2. The summed E-state index contributed by atoms with van der Waals surface area (Å²) in [5.74, 6) is 0.180. The first-order valence-electron chi connectivity index (χ1n) is 9.54. The third-order valence-corrected chi connectivity index (χ3v) is 7.31. The molecule has 156 valence electrons. The number of nitrogens with two attached hydrogens (primary N) is 1. The van der Waals surface area contributed by atoms with Crippen LogP contribution in [0.25, 0.3) is 11.4 Å². The van der Waals surface area contributed by atoms with Crippen LogP contribution >= 0.6 is 34.7 Å². The number of aryl methyl sites for hydroxylation is 1. The smallest absolute Gasteiger partial charge is 0.251 e. The van der Waals surface area contributed by atoms with E-state index in [1.54, 1.807) is 12.1 Å². The fourth-order valence-electron chi connectivity index (χ4n) is 3.54. The zero-order valence-electron chi connectivity index (χ0n) is 16.3. The monoisotopic (exact) mass is 461 g/mol. The van der Waals surface area contributed by atoms with Crippen LogP contribution in [0.4, 0.5) is 5.00 Å². The van der Waals surface area contributed by atoms with Crippen LogP contribution in [0.5, 0.6) is 0 Å². The second kappa shape index (κ2) is 8.79. The highest BCUT2D eigenvalue weighted by molar-refractivity contribution is 7.99. The van der Waals surface area contributed by atoms with Crippen molar-refractivity contribution in [2.24, 2.45) is 5.73 Å². The number of nitrogens with one attached hydrogen (secondary N) is 1. The summed E-state index contributed by atoms with van der Waals surface area (Å²) in [5, 5.41) is 13.2. The van der Waals surface area contributed by atoms with Crippen LogP contribution < -0.4 is 11.1 Å². The van der Waals surface area contributed by atoms with Gasteiger partial charge in [-0.05, 0) is 56.0 Å². The lowest BCUT2D eigenvalue weighted by Crippen LogP contribution is -2.19. The minimum absolute atomic E-state index is 0.152. The maximum Gasteiger partial charge on any atom is 0.251 e. The Morgan fingerprint density at radius 2 is 2.03 bits per heavy atom. The van der Waals surface area contributed by atoms with Gasteiger partial charge in [-0.3, -0.25) is 9.59 Å². The zero-order chi connectivity index (χ0) is 21.3. The van der Waals surface area contributed by atoms with Gasteiger partial charge in [-0.15, -0.1) is 21.5 Å². The Bertz CT molecular complexity index is 1110. The molecule has 1 aliphatic rings. The van der Waals surface area contributed by atoms with Crippen molar-refractivity contribution < 1.29 is 9.59 Å². The molecule has 1 aromatic carbocycles. The molecule has 30 heavy (non-hydrogen) atoms. The van der Waals surface area contributed by atoms with Crippen LogP contribution in [-0.4, -0.2) is 32.3 Å². The van der Waals surface area contributed by atoms with E-state index in [1.165, 1.54) is 23.1 Å². The lowest BCUT2D eigenvalue weighted by atomic mass is 10.1. The third kappa shape index (κ3) is 4.10. The van der Waals surface area contributed by atoms with E-state index in [-0.39, 0.29) is 11.7 Å². The van der Waals surface area contributed by atoms with Gasteiger partial charge in [0.15, 0.2) is 11.0 Å². The first-order valence-corrected chi connectivity index (χ1v) is 11.7. The zero-order valence-corrected chi connectivity index (χ0v) is 18.7. The number of primary amides is 1. The Balaban J connectivity index is 1.46.